The Morgan fingerprint density at radius 1 is 1.11 bits per heavy atom. The van der Waals surface area contributed by atoms with E-state index >= 15 is 0 Å². The second-order valence-corrected chi connectivity index (χ2v) is 3.89. The Kier molecular flexibility index (Phi) is 3.99. The van der Waals surface area contributed by atoms with E-state index in [9.17, 15) is 4.39 Å². The number of nitrogens with zero attached hydrogens (tertiary/aromatic N) is 1. The summed E-state index contributed by atoms with van der Waals surface area (Å²) in [7, 11) is 1.60. The zero-order valence-electron chi connectivity index (χ0n) is 10.4. The third-order valence-corrected chi connectivity index (χ3v) is 2.63. The SMILES string of the molecule is COc1ccc(COc2ccc(C#N)c(F)c2)cc1. The fraction of sp³-hybridized carbons (Fsp3) is 0.133. The molecule has 0 N–H and O–H groups in total. The Hall–Kier alpha value is -2.54. The first kappa shape index (κ1) is 12.9. The normalized spacial score (nSPS) is 9.74. The lowest BCUT2D eigenvalue weighted by Gasteiger charge is -2.07. The Morgan fingerprint density at radius 2 is 1.79 bits per heavy atom. The zero-order valence-corrected chi connectivity index (χ0v) is 10.4. The van der Waals surface area contributed by atoms with Crippen LogP contribution in [0.3, 0.4) is 0 Å². The van der Waals surface area contributed by atoms with Gasteiger partial charge in [-0.2, -0.15) is 5.26 Å². The first-order valence-electron chi connectivity index (χ1n) is 5.68. The molecule has 2 aromatic carbocycles. The Morgan fingerprint density at radius 3 is 2.37 bits per heavy atom. The van der Waals surface area contributed by atoms with Gasteiger partial charge in [0, 0.05) is 6.07 Å². The summed E-state index contributed by atoms with van der Waals surface area (Å²) in [6, 6.07) is 13.4. The summed E-state index contributed by atoms with van der Waals surface area (Å²) in [6.45, 7) is 0.329. The highest BCUT2D eigenvalue weighted by atomic mass is 19.1. The maximum atomic E-state index is 13.4. The highest BCUT2D eigenvalue weighted by molar-refractivity contribution is 5.36. The van der Waals surface area contributed by atoms with E-state index in [1.807, 2.05) is 24.3 Å². The van der Waals surface area contributed by atoms with Crippen molar-refractivity contribution in [2.75, 3.05) is 7.11 Å². The summed E-state index contributed by atoms with van der Waals surface area (Å²) in [6.07, 6.45) is 0. The third kappa shape index (κ3) is 3.23. The number of hydrogen-bond acceptors (Lipinski definition) is 3. The van der Waals surface area contributed by atoms with Crippen molar-refractivity contribution in [3.63, 3.8) is 0 Å². The summed E-state index contributed by atoms with van der Waals surface area (Å²) >= 11 is 0. The molecule has 2 aromatic rings. The van der Waals surface area contributed by atoms with Crippen molar-refractivity contribution in [3.8, 4) is 17.6 Å². The molecule has 0 saturated carbocycles. The summed E-state index contributed by atoms with van der Waals surface area (Å²) in [5, 5.41) is 8.62. The Balaban J connectivity index is 2.02. The van der Waals surface area contributed by atoms with Crippen LogP contribution in [-0.2, 0) is 6.61 Å². The highest BCUT2D eigenvalue weighted by Gasteiger charge is 2.03. The van der Waals surface area contributed by atoms with Gasteiger partial charge in [-0.05, 0) is 29.8 Å². The average molecular weight is 257 g/mol. The maximum Gasteiger partial charge on any atom is 0.144 e. The van der Waals surface area contributed by atoms with Gasteiger partial charge in [-0.15, -0.1) is 0 Å². The molecule has 0 aliphatic carbocycles. The largest absolute Gasteiger partial charge is 0.497 e. The van der Waals surface area contributed by atoms with Crippen LogP contribution in [0.5, 0.6) is 11.5 Å². The van der Waals surface area contributed by atoms with Crippen LogP contribution in [0.4, 0.5) is 4.39 Å². The van der Waals surface area contributed by atoms with E-state index in [1.165, 1.54) is 12.1 Å². The summed E-state index contributed by atoms with van der Waals surface area (Å²) in [4.78, 5) is 0. The predicted molar refractivity (Wildman–Crippen MR) is 68.4 cm³/mol. The van der Waals surface area contributed by atoms with Gasteiger partial charge in [-0.3, -0.25) is 0 Å². The second-order valence-electron chi connectivity index (χ2n) is 3.89. The van der Waals surface area contributed by atoms with E-state index in [1.54, 1.807) is 19.2 Å². The lowest BCUT2D eigenvalue weighted by atomic mass is 10.2. The van der Waals surface area contributed by atoms with E-state index in [-0.39, 0.29) is 5.56 Å². The molecule has 0 aromatic heterocycles. The molecular formula is C15H12FNO2. The molecule has 96 valence electrons. The molecule has 0 unspecified atom stereocenters. The van der Waals surface area contributed by atoms with Crippen molar-refractivity contribution in [1.82, 2.24) is 0 Å². The fourth-order valence-electron chi connectivity index (χ4n) is 1.56. The van der Waals surface area contributed by atoms with Gasteiger partial charge in [-0.1, -0.05) is 12.1 Å². The number of rotatable bonds is 4. The Bertz CT molecular complexity index is 603. The van der Waals surface area contributed by atoms with E-state index < -0.39 is 5.82 Å². The summed E-state index contributed by atoms with van der Waals surface area (Å²) in [5.74, 6) is 0.593. The van der Waals surface area contributed by atoms with Gasteiger partial charge in [0.05, 0.1) is 12.7 Å². The van der Waals surface area contributed by atoms with Crippen LogP contribution in [-0.4, -0.2) is 7.11 Å². The second kappa shape index (κ2) is 5.87. The number of nitriles is 1. The topological polar surface area (TPSA) is 42.2 Å². The molecule has 0 saturated heterocycles. The molecule has 0 radical (unpaired) electrons. The molecule has 19 heavy (non-hydrogen) atoms. The first-order valence-corrected chi connectivity index (χ1v) is 5.68. The molecule has 4 heteroatoms. The van der Waals surface area contributed by atoms with Crippen molar-refractivity contribution in [3.05, 3.63) is 59.4 Å². The van der Waals surface area contributed by atoms with Crippen molar-refractivity contribution in [2.24, 2.45) is 0 Å². The van der Waals surface area contributed by atoms with Crippen LogP contribution in [0.2, 0.25) is 0 Å². The van der Waals surface area contributed by atoms with Gasteiger partial charge >= 0.3 is 0 Å². The number of halogens is 1. The molecular weight excluding hydrogens is 245 g/mol. The van der Waals surface area contributed by atoms with E-state index in [0.29, 0.717) is 12.4 Å². The van der Waals surface area contributed by atoms with Crippen LogP contribution in [0.15, 0.2) is 42.5 Å². The Labute approximate surface area is 110 Å². The van der Waals surface area contributed by atoms with Gasteiger partial charge in [-0.25, -0.2) is 4.39 Å². The van der Waals surface area contributed by atoms with E-state index in [0.717, 1.165) is 11.3 Å². The van der Waals surface area contributed by atoms with Crippen molar-refractivity contribution in [1.29, 1.82) is 5.26 Å². The smallest absolute Gasteiger partial charge is 0.144 e. The molecule has 0 fully saturated rings. The number of benzene rings is 2. The molecule has 0 heterocycles. The van der Waals surface area contributed by atoms with Crippen LogP contribution < -0.4 is 9.47 Å². The van der Waals surface area contributed by atoms with Crippen molar-refractivity contribution >= 4 is 0 Å². The predicted octanol–water partition coefficient (Wildman–Crippen LogP) is 3.28. The van der Waals surface area contributed by atoms with Gasteiger partial charge in [0.2, 0.25) is 0 Å². The number of hydrogen-bond donors (Lipinski definition) is 0. The summed E-state index contributed by atoms with van der Waals surface area (Å²) < 4.78 is 23.9. The minimum atomic E-state index is -0.574. The monoisotopic (exact) mass is 257 g/mol. The maximum absolute atomic E-state index is 13.4. The average Bonchev–Trinajstić information content (AvgIpc) is 2.46. The van der Waals surface area contributed by atoms with Gasteiger partial charge in [0.25, 0.3) is 0 Å². The molecule has 0 bridgehead atoms. The first-order chi connectivity index (χ1) is 9.22. The van der Waals surface area contributed by atoms with Gasteiger partial charge < -0.3 is 9.47 Å². The number of methoxy groups -OCH3 is 1. The molecule has 0 aliphatic rings. The minimum absolute atomic E-state index is 0.0109. The standard InChI is InChI=1S/C15H12FNO2/c1-18-13-5-2-11(3-6-13)10-19-14-7-4-12(9-17)15(16)8-14/h2-8H,10H2,1H3. The molecule has 0 aliphatic heterocycles. The molecule has 0 amide bonds. The number of ether oxygens (including phenoxy) is 2. The van der Waals surface area contributed by atoms with Crippen molar-refractivity contribution in [2.45, 2.75) is 6.61 Å². The van der Waals surface area contributed by atoms with Crippen LogP contribution in [0.25, 0.3) is 0 Å². The van der Waals surface area contributed by atoms with E-state index in [2.05, 4.69) is 0 Å². The summed E-state index contributed by atoms with van der Waals surface area (Å²) in [5.41, 5.74) is 0.961. The quantitative estimate of drug-likeness (QED) is 0.844. The van der Waals surface area contributed by atoms with Crippen LogP contribution >= 0.6 is 0 Å². The fourth-order valence-corrected chi connectivity index (χ4v) is 1.56. The van der Waals surface area contributed by atoms with Gasteiger partial charge in [0.15, 0.2) is 0 Å². The van der Waals surface area contributed by atoms with Gasteiger partial charge in [0.1, 0.15) is 30.0 Å². The van der Waals surface area contributed by atoms with Crippen LogP contribution in [0.1, 0.15) is 11.1 Å². The molecule has 3 nitrogen and oxygen atoms in total. The lowest BCUT2D eigenvalue weighted by molar-refractivity contribution is 0.304. The van der Waals surface area contributed by atoms with Crippen LogP contribution in [0, 0.1) is 17.1 Å². The molecule has 0 spiro atoms. The van der Waals surface area contributed by atoms with E-state index in [4.69, 9.17) is 14.7 Å². The van der Waals surface area contributed by atoms with Crippen molar-refractivity contribution < 1.29 is 13.9 Å². The highest BCUT2D eigenvalue weighted by Crippen LogP contribution is 2.18. The zero-order chi connectivity index (χ0) is 13.7. The molecule has 0 atom stereocenters. The third-order valence-electron chi connectivity index (χ3n) is 2.63. The molecule has 2 rings (SSSR count). The minimum Gasteiger partial charge on any atom is -0.497 e. The lowest BCUT2D eigenvalue weighted by Crippen LogP contribution is -1.96.